The SMILES string of the molecule is C[C@H](c1ccnc(-n2cc(S(=O)(=O)Nc3cccc4cnn(C)c34)cn2)c1)N1CCCC1. The maximum atomic E-state index is 13.1. The van der Waals surface area contributed by atoms with E-state index in [9.17, 15) is 8.42 Å². The van der Waals surface area contributed by atoms with Crippen LogP contribution in [0.2, 0.25) is 0 Å². The van der Waals surface area contributed by atoms with Crippen molar-refractivity contribution in [3.8, 4) is 5.82 Å². The van der Waals surface area contributed by atoms with Gasteiger partial charge >= 0.3 is 0 Å². The van der Waals surface area contributed by atoms with Crippen molar-refractivity contribution in [1.82, 2.24) is 29.4 Å². The second-order valence-corrected chi connectivity index (χ2v) is 9.79. The fourth-order valence-electron chi connectivity index (χ4n) is 4.25. The average Bonchev–Trinajstić information content (AvgIpc) is 3.55. The molecule has 5 rings (SSSR count). The molecule has 0 bridgehead atoms. The topological polar surface area (TPSA) is 97.9 Å². The Morgan fingerprint density at radius 2 is 1.91 bits per heavy atom. The highest BCUT2D eigenvalue weighted by atomic mass is 32.2. The van der Waals surface area contributed by atoms with Gasteiger partial charge in [-0.2, -0.15) is 10.2 Å². The van der Waals surface area contributed by atoms with E-state index in [0.29, 0.717) is 17.0 Å². The van der Waals surface area contributed by atoms with Crippen LogP contribution in [0.1, 0.15) is 31.4 Å². The number of aryl methyl sites for hydroxylation is 1. The van der Waals surface area contributed by atoms with Gasteiger partial charge in [0.2, 0.25) is 0 Å². The molecule has 166 valence electrons. The number of nitrogens with zero attached hydrogens (tertiary/aromatic N) is 6. The first kappa shape index (κ1) is 20.7. The van der Waals surface area contributed by atoms with Crippen LogP contribution in [-0.4, -0.2) is 51.0 Å². The fraction of sp³-hybridized carbons (Fsp3) is 0.318. The van der Waals surface area contributed by atoms with Crippen molar-refractivity contribution in [3.05, 3.63) is 60.7 Å². The van der Waals surface area contributed by atoms with Crippen molar-refractivity contribution in [3.63, 3.8) is 0 Å². The van der Waals surface area contributed by atoms with Gasteiger partial charge in [-0.05, 0) is 56.6 Å². The van der Waals surface area contributed by atoms with Crippen molar-refractivity contribution in [2.75, 3.05) is 17.8 Å². The Morgan fingerprint density at radius 1 is 1.09 bits per heavy atom. The summed E-state index contributed by atoms with van der Waals surface area (Å²) in [5.74, 6) is 0.587. The van der Waals surface area contributed by atoms with Gasteiger partial charge in [0.25, 0.3) is 10.0 Å². The summed E-state index contributed by atoms with van der Waals surface area (Å²) in [4.78, 5) is 6.91. The third-order valence-electron chi connectivity index (χ3n) is 6.05. The standard InChI is InChI=1S/C22H25N7O2S/c1-16(28-10-3-4-11-28)17-8-9-23-21(12-17)29-15-19(14-25-29)32(30,31)26-20-7-5-6-18-13-24-27(2)22(18)20/h5-9,12-16,26H,3-4,10-11H2,1-2H3/t16-/m1/s1. The minimum absolute atomic E-state index is 0.0662. The zero-order valence-corrected chi connectivity index (χ0v) is 18.8. The van der Waals surface area contributed by atoms with Gasteiger partial charge in [0, 0.05) is 24.7 Å². The van der Waals surface area contributed by atoms with Gasteiger partial charge in [0.15, 0.2) is 5.82 Å². The number of aromatic nitrogens is 5. The lowest BCUT2D eigenvalue weighted by atomic mass is 10.1. The summed E-state index contributed by atoms with van der Waals surface area (Å²) in [6, 6.07) is 9.65. The molecule has 1 atom stereocenters. The van der Waals surface area contributed by atoms with E-state index in [0.717, 1.165) is 24.0 Å². The summed E-state index contributed by atoms with van der Waals surface area (Å²) >= 11 is 0. The molecule has 1 saturated heterocycles. The highest BCUT2D eigenvalue weighted by Gasteiger charge is 2.22. The Hall–Kier alpha value is -3.24. The van der Waals surface area contributed by atoms with Crippen LogP contribution in [0.4, 0.5) is 5.69 Å². The minimum atomic E-state index is -3.84. The van der Waals surface area contributed by atoms with Gasteiger partial charge in [-0.3, -0.25) is 14.3 Å². The molecule has 0 aliphatic carbocycles. The minimum Gasteiger partial charge on any atom is -0.297 e. The molecule has 0 unspecified atom stereocenters. The van der Waals surface area contributed by atoms with Crippen molar-refractivity contribution in [2.45, 2.75) is 30.7 Å². The van der Waals surface area contributed by atoms with Crippen LogP contribution in [0, 0.1) is 0 Å². The molecule has 1 aliphatic rings. The number of anilines is 1. The molecule has 0 spiro atoms. The first-order chi connectivity index (χ1) is 15.4. The Morgan fingerprint density at radius 3 is 2.72 bits per heavy atom. The normalized spacial score (nSPS) is 15.9. The zero-order chi connectivity index (χ0) is 22.3. The first-order valence-corrected chi connectivity index (χ1v) is 12.1. The lowest BCUT2D eigenvalue weighted by Crippen LogP contribution is -2.23. The number of pyridine rings is 1. The van der Waals surface area contributed by atoms with Crippen LogP contribution in [0.3, 0.4) is 0 Å². The van der Waals surface area contributed by atoms with Gasteiger partial charge < -0.3 is 0 Å². The van der Waals surface area contributed by atoms with Crippen molar-refractivity contribution >= 4 is 26.6 Å². The first-order valence-electron chi connectivity index (χ1n) is 10.6. The number of fused-ring (bicyclic) bond motifs is 1. The number of likely N-dealkylation sites (tertiary alicyclic amines) is 1. The molecule has 3 aromatic heterocycles. The largest absolute Gasteiger partial charge is 0.297 e. The van der Waals surface area contributed by atoms with E-state index in [1.165, 1.54) is 29.9 Å². The lowest BCUT2D eigenvalue weighted by Gasteiger charge is -2.24. The van der Waals surface area contributed by atoms with Crippen LogP contribution in [0.5, 0.6) is 0 Å². The second kappa shape index (κ2) is 8.03. The van der Waals surface area contributed by atoms with Gasteiger partial charge in [0.1, 0.15) is 4.90 Å². The van der Waals surface area contributed by atoms with E-state index in [1.54, 1.807) is 36.3 Å². The summed E-state index contributed by atoms with van der Waals surface area (Å²) in [7, 11) is -2.06. The Balaban J connectivity index is 1.42. The number of nitrogens with one attached hydrogen (secondary N) is 1. The molecule has 32 heavy (non-hydrogen) atoms. The van der Waals surface area contributed by atoms with E-state index < -0.39 is 10.0 Å². The predicted molar refractivity (Wildman–Crippen MR) is 122 cm³/mol. The van der Waals surface area contributed by atoms with Gasteiger partial charge in [-0.15, -0.1) is 0 Å². The van der Waals surface area contributed by atoms with E-state index >= 15 is 0 Å². The molecule has 0 saturated carbocycles. The van der Waals surface area contributed by atoms with Crippen LogP contribution in [0.25, 0.3) is 16.7 Å². The third kappa shape index (κ3) is 3.76. The number of sulfonamides is 1. The smallest absolute Gasteiger partial charge is 0.265 e. The molecule has 1 fully saturated rings. The molecule has 1 N–H and O–H groups in total. The third-order valence-corrected chi connectivity index (χ3v) is 7.37. The molecule has 10 heteroatoms. The molecule has 4 heterocycles. The number of rotatable bonds is 6. The summed E-state index contributed by atoms with van der Waals surface area (Å²) in [5.41, 5.74) is 2.32. The molecule has 0 radical (unpaired) electrons. The molecule has 0 amide bonds. The molecule has 1 aromatic carbocycles. The monoisotopic (exact) mass is 451 g/mol. The highest BCUT2D eigenvalue weighted by molar-refractivity contribution is 7.92. The number of para-hydroxylation sites is 1. The summed E-state index contributed by atoms with van der Waals surface area (Å²) in [6.07, 6.45) is 8.72. The van der Waals surface area contributed by atoms with Crippen LogP contribution < -0.4 is 4.72 Å². The predicted octanol–water partition coefficient (Wildman–Crippen LogP) is 3.11. The number of benzene rings is 1. The zero-order valence-electron chi connectivity index (χ0n) is 18.0. The molecule has 1 aliphatic heterocycles. The van der Waals surface area contributed by atoms with Crippen LogP contribution in [0.15, 0.2) is 60.0 Å². The Bertz CT molecular complexity index is 1370. The highest BCUT2D eigenvalue weighted by Crippen LogP contribution is 2.27. The fourth-order valence-corrected chi connectivity index (χ4v) is 5.25. The van der Waals surface area contributed by atoms with Crippen LogP contribution >= 0.6 is 0 Å². The van der Waals surface area contributed by atoms with E-state index in [2.05, 4.69) is 31.7 Å². The molecule has 9 nitrogen and oxygen atoms in total. The molecular formula is C22H25N7O2S. The van der Waals surface area contributed by atoms with Gasteiger partial charge in [0.05, 0.1) is 29.8 Å². The lowest BCUT2D eigenvalue weighted by molar-refractivity contribution is 0.263. The second-order valence-electron chi connectivity index (χ2n) is 8.10. The van der Waals surface area contributed by atoms with E-state index in [-0.39, 0.29) is 10.9 Å². The molecular weight excluding hydrogens is 426 g/mol. The molecule has 4 aromatic rings. The van der Waals surface area contributed by atoms with Gasteiger partial charge in [-0.25, -0.2) is 18.1 Å². The van der Waals surface area contributed by atoms with Gasteiger partial charge in [-0.1, -0.05) is 12.1 Å². The van der Waals surface area contributed by atoms with E-state index in [4.69, 9.17) is 0 Å². The van der Waals surface area contributed by atoms with Crippen molar-refractivity contribution in [2.24, 2.45) is 7.05 Å². The quantitative estimate of drug-likeness (QED) is 0.484. The summed E-state index contributed by atoms with van der Waals surface area (Å²) in [6.45, 7) is 4.38. The Labute approximate surface area is 186 Å². The summed E-state index contributed by atoms with van der Waals surface area (Å²) < 4.78 is 31.9. The summed E-state index contributed by atoms with van der Waals surface area (Å²) in [5, 5.41) is 9.33. The number of hydrogen-bond acceptors (Lipinski definition) is 6. The van der Waals surface area contributed by atoms with E-state index in [1.807, 2.05) is 18.2 Å². The van der Waals surface area contributed by atoms with Crippen molar-refractivity contribution < 1.29 is 8.42 Å². The maximum absolute atomic E-state index is 13.1. The number of hydrogen-bond donors (Lipinski definition) is 1. The Kier molecular flexibility index (Phi) is 5.18. The van der Waals surface area contributed by atoms with Crippen LogP contribution in [-0.2, 0) is 17.1 Å². The maximum Gasteiger partial charge on any atom is 0.265 e. The average molecular weight is 452 g/mol. The van der Waals surface area contributed by atoms with Crippen molar-refractivity contribution in [1.29, 1.82) is 0 Å².